The van der Waals surface area contributed by atoms with Crippen molar-refractivity contribution >= 4 is 11.9 Å². The molecule has 2 aliphatic rings. The molecule has 1 aliphatic carbocycles. The Bertz CT molecular complexity index is 368. The minimum absolute atomic E-state index is 0.0775. The standard InChI is InChI=1S/C14H24N2O4/c15-11(6-9-4-2-1-3-5-9)13(18)16-8-10(17)7-12(16)14(19)20/h9-12,17H,1-8,15H2,(H,19,20)/t10-,11?,12+/m1/s1. The molecule has 0 bridgehead atoms. The lowest BCUT2D eigenvalue weighted by atomic mass is 9.84. The van der Waals surface area contributed by atoms with Gasteiger partial charge in [0.15, 0.2) is 0 Å². The molecule has 114 valence electrons. The number of hydrogen-bond acceptors (Lipinski definition) is 4. The van der Waals surface area contributed by atoms with Gasteiger partial charge < -0.3 is 20.8 Å². The van der Waals surface area contributed by atoms with Crippen molar-refractivity contribution < 1.29 is 19.8 Å². The topological polar surface area (TPSA) is 104 Å². The summed E-state index contributed by atoms with van der Waals surface area (Å²) in [5.74, 6) is -0.933. The first kappa shape index (κ1) is 15.3. The molecule has 20 heavy (non-hydrogen) atoms. The van der Waals surface area contributed by atoms with Crippen LogP contribution in [-0.4, -0.2) is 51.7 Å². The molecule has 6 heteroatoms. The number of carboxylic acid groups (broad SMARTS) is 1. The fourth-order valence-electron chi connectivity index (χ4n) is 3.39. The molecular formula is C14H24N2O4. The molecule has 0 aromatic carbocycles. The SMILES string of the molecule is NC(CC1CCCCC1)C(=O)N1C[C@H](O)C[C@H]1C(=O)O. The third kappa shape index (κ3) is 3.49. The van der Waals surface area contributed by atoms with E-state index in [0.29, 0.717) is 12.3 Å². The first-order valence-corrected chi connectivity index (χ1v) is 7.46. The Morgan fingerprint density at radius 1 is 1.25 bits per heavy atom. The van der Waals surface area contributed by atoms with E-state index in [9.17, 15) is 14.7 Å². The minimum atomic E-state index is -1.07. The van der Waals surface area contributed by atoms with Gasteiger partial charge in [0, 0.05) is 13.0 Å². The Kier molecular flexibility index (Phi) is 4.99. The minimum Gasteiger partial charge on any atom is -0.480 e. The number of carbonyl (C=O) groups is 2. The molecule has 6 nitrogen and oxygen atoms in total. The van der Waals surface area contributed by atoms with Crippen LogP contribution < -0.4 is 5.73 Å². The maximum absolute atomic E-state index is 12.3. The quantitative estimate of drug-likeness (QED) is 0.690. The zero-order valence-corrected chi connectivity index (χ0v) is 11.7. The number of rotatable bonds is 4. The molecule has 3 atom stereocenters. The van der Waals surface area contributed by atoms with Crippen molar-refractivity contribution in [3.8, 4) is 0 Å². The highest BCUT2D eigenvalue weighted by Gasteiger charge is 2.40. The van der Waals surface area contributed by atoms with Crippen LogP contribution in [0.2, 0.25) is 0 Å². The van der Waals surface area contributed by atoms with E-state index >= 15 is 0 Å². The molecule has 2 fully saturated rings. The predicted molar refractivity (Wildman–Crippen MR) is 72.9 cm³/mol. The Morgan fingerprint density at radius 2 is 1.90 bits per heavy atom. The van der Waals surface area contributed by atoms with Crippen LogP contribution >= 0.6 is 0 Å². The van der Waals surface area contributed by atoms with Crippen molar-refractivity contribution in [2.75, 3.05) is 6.54 Å². The Labute approximate surface area is 118 Å². The fourth-order valence-corrected chi connectivity index (χ4v) is 3.39. The summed E-state index contributed by atoms with van der Waals surface area (Å²) in [4.78, 5) is 24.7. The van der Waals surface area contributed by atoms with Crippen LogP contribution in [0.1, 0.15) is 44.9 Å². The van der Waals surface area contributed by atoms with E-state index in [0.717, 1.165) is 12.8 Å². The summed E-state index contributed by atoms with van der Waals surface area (Å²) in [6.45, 7) is 0.0775. The van der Waals surface area contributed by atoms with E-state index < -0.39 is 24.2 Å². The van der Waals surface area contributed by atoms with Crippen LogP contribution in [0.25, 0.3) is 0 Å². The lowest BCUT2D eigenvalue weighted by Crippen LogP contribution is -2.49. The second kappa shape index (κ2) is 6.54. The summed E-state index contributed by atoms with van der Waals surface area (Å²) in [6.07, 6.45) is 5.78. The van der Waals surface area contributed by atoms with Gasteiger partial charge in [-0.1, -0.05) is 32.1 Å². The maximum atomic E-state index is 12.3. The molecule has 1 saturated carbocycles. The largest absolute Gasteiger partial charge is 0.480 e. The number of amides is 1. The van der Waals surface area contributed by atoms with E-state index in [2.05, 4.69) is 0 Å². The third-order valence-electron chi connectivity index (χ3n) is 4.48. The molecule has 1 amide bonds. The second-order valence-corrected chi connectivity index (χ2v) is 6.08. The van der Waals surface area contributed by atoms with E-state index in [1.165, 1.54) is 24.2 Å². The van der Waals surface area contributed by atoms with Gasteiger partial charge >= 0.3 is 5.97 Å². The van der Waals surface area contributed by atoms with E-state index in [4.69, 9.17) is 10.8 Å². The van der Waals surface area contributed by atoms with Gasteiger partial charge in [-0.3, -0.25) is 4.79 Å². The van der Waals surface area contributed by atoms with Crippen molar-refractivity contribution in [2.24, 2.45) is 11.7 Å². The number of nitrogens with two attached hydrogens (primary N) is 1. The number of aliphatic carboxylic acids is 1. The van der Waals surface area contributed by atoms with E-state index in [1.807, 2.05) is 0 Å². The number of nitrogens with zero attached hydrogens (tertiary/aromatic N) is 1. The number of hydrogen-bond donors (Lipinski definition) is 3. The maximum Gasteiger partial charge on any atom is 0.326 e. The molecule has 0 spiro atoms. The summed E-state index contributed by atoms with van der Waals surface area (Å²) in [6, 6.07) is -1.58. The van der Waals surface area contributed by atoms with Crippen LogP contribution in [0.5, 0.6) is 0 Å². The van der Waals surface area contributed by atoms with Gasteiger partial charge in [-0.15, -0.1) is 0 Å². The average Bonchev–Trinajstić information content (AvgIpc) is 2.81. The molecule has 0 aromatic rings. The zero-order valence-electron chi connectivity index (χ0n) is 11.7. The lowest BCUT2D eigenvalue weighted by Gasteiger charge is -2.28. The van der Waals surface area contributed by atoms with Crippen LogP contribution in [-0.2, 0) is 9.59 Å². The average molecular weight is 284 g/mol. The van der Waals surface area contributed by atoms with Gasteiger partial charge in [0.2, 0.25) is 5.91 Å². The van der Waals surface area contributed by atoms with Crippen molar-refractivity contribution in [1.82, 2.24) is 4.90 Å². The molecule has 1 saturated heterocycles. The molecule has 1 heterocycles. The monoisotopic (exact) mass is 284 g/mol. The summed E-state index contributed by atoms with van der Waals surface area (Å²) in [5, 5.41) is 18.7. The Balaban J connectivity index is 1.93. The molecule has 2 rings (SSSR count). The first-order valence-electron chi connectivity index (χ1n) is 7.46. The van der Waals surface area contributed by atoms with Crippen LogP contribution in [0, 0.1) is 5.92 Å². The summed E-state index contributed by atoms with van der Waals surface area (Å²) in [5.41, 5.74) is 5.97. The molecule has 0 aromatic heterocycles. The van der Waals surface area contributed by atoms with E-state index in [1.54, 1.807) is 0 Å². The molecular weight excluding hydrogens is 260 g/mol. The molecule has 0 radical (unpaired) electrons. The number of likely N-dealkylation sites (tertiary alicyclic amines) is 1. The van der Waals surface area contributed by atoms with Gasteiger partial charge in [0.1, 0.15) is 6.04 Å². The normalized spacial score (nSPS) is 29.4. The van der Waals surface area contributed by atoms with Crippen LogP contribution in [0.4, 0.5) is 0 Å². The highest BCUT2D eigenvalue weighted by atomic mass is 16.4. The molecule has 1 aliphatic heterocycles. The van der Waals surface area contributed by atoms with Crippen molar-refractivity contribution in [1.29, 1.82) is 0 Å². The van der Waals surface area contributed by atoms with Gasteiger partial charge in [0.05, 0.1) is 12.1 Å². The summed E-state index contributed by atoms with van der Waals surface area (Å²) < 4.78 is 0. The zero-order chi connectivity index (χ0) is 14.7. The van der Waals surface area contributed by atoms with Crippen LogP contribution in [0.3, 0.4) is 0 Å². The fraction of sp³-hybridized carbons (Fsp3) is 0.857. The van der Waals surface area contributed by atoms with Gasteiger partial charge in [-0.2, -0.15) is 0 Å². The lowest BCUT2D eigenvalue weighted by molar-refractivity contribution is -0.148. The summed E-state index contributed by atoms with van der Waals surface area (Å²) in [7, 11) is 0. The Morgan fingerprint density at radius 3 is 2.50 bits per heavy atom. The van der Waals surface area contributed by atoms with Crippen LogP contribution in [0.15, 0.2) is 0 Å². The van der Waals surface area contributed by atoms with Crippen molar-refractivity contribution in [3.05, 3.63) is 0 Å². The van der Waals surface area contributed by atoms with Crippen molar-refractivity contribution in [2.45, 2.75) is 63.1 Å². The van der Waals surface area contributed by atoms with E-state index in [-0.39, 0.29) is 18.9 Å². The highest BCUT2D eigenvalue weighted by Crippen LogP contribution is 2.28. The van der Waals surface area contributed by atoms with Gasteiger partial charge in [0.25, 0.3) is 0 Å². The van der Waals surface area contributed by atoms with Gasteiger partial charge in [-0.25, -0.2) is 4.79 Å². The number of carbonyl (C=O) groups excluding carboxylic acids is 1. The third-order valence-corrected chi connectivity index (χ3v) is 4.48. The number of carboxylic acids is 1. The van der Waals surface area contributed by atoms with Gasteiger partial charge in [-0.05, 0) is 12.3 Å². The second-order valence-electron chi connectivity index (χ2n) is 6.08. The number of β-amino-alcohol motifs (C(OH)–C–C–N with tert-alkyl or cyclic N) is 1. The number of aliphatic hydroxyl groups excluding tert-OH is 1. The summed E-state index contributed by atoms with van der Waals surface area (Å²) >= 11 is 0. The van der Waals surface area contributed by atoms with Crippen molar-refractivity contribution in [3.63, 3.8) is 0 Å². The first-order chi connectivity index (χ1) is 9.49. The Hall–Kier alpha value is -1.14. The molecule has 4 N–H and O–H groups in total. The smallest absolute Gasteiger partial charge is 0.326 e. The highest BCUT2D eigenvalue weighted by molar-refractivity contribution is 5.87. The molecule has 1 unspecified atom stereocenters. The predicted octanol–water partition coefficient (Wildman–Crippen LogP) is 0.330. The number of aliphatic hydroxyl groups is 1.